The molecule has 1 unspecified atom stereocenters. The largest absolute Gasteiger partial charge is 0.324 e. The molecule has 1 atom stereocenters. The number of carbonyl (C=O) groups is 1. The summed E-state index contributed by atoms with van der Waals surface area (Å²) in [6.07, 6.45) is 0.837. The van der Waals surface area contributed by atoms with Crippen molar-refractivity contribution in [3.63, 3.8) is 0 Å². The van der Waals surface area contributed by atoms with Crippen molar-refractivity contribution in [2.75, 3.05) is 5.32 Å². The molecule has 154 valence electrons. The van der Waals surface area contributed by atoms with Crippen molar-refractivity contribution in [3.05, 3.63) is 64.4 Å². The van der Waals surface area contributed by atoms with Crippen LogP contribution < -0.4 is 10.9 Å². The number of benzene rings is 2. The quantitative estimate of drug-likeness (QED) is 0.451. The number of carbonyl (C=O) groups excluding carboxylic acids is 1. The van der Waals surface area contributed by atoms with Gasteiger partial charge >= 0.3 is 0 Å². The minimum atomic E-state index is -0.505. The van der Waals surface area contributed by atoms with Gasteiger partial charge in [-0.2, -0.15) is 5.26 Å². The molecule has 3 rings (SSSR count). The first-order valence-electron chi connectivity index (χ1n) is 9.87. The van der Waals surface area contributed by atoms with Crippen LogP contribution in [-0.2, 0) is 11.3 Å². The van der Waals surface area contributed by atoms with E-state index in [1.54, 1.807) is 41.8 Å². The molecule has 1 heterocycles. The standard InChI is InChI=1S/C23H24N4O2S/c1-15(2)12-13-27-22(29)18-9-5-7-11-20(18)26-23(27)30-16(3)21(28)25-19-10-6-4-8-17(19)14-24/h4-11,15-16H,12-13H2,1-3H3,(H,25,28). The Morgan fingerprint density at radius 3 is 2.60 bits per heavy atom. The van der Waals surface area contributed by atoms with Gasteiger partial charge < -0.3 is 5.32 Å². The summed E-state index contributed by atoms with van der Waals surface area (Å²) in [7, 11) is 0. The number of para-hydroxylation sites is 2. The predicted octanol–water partition coefficient (Wildman–Crippen LogP) is 4.43. The van der Waals surface area contributed by atoms with Gasteiger partial charge in [0.25, 0.3) is 5.56 Å². The van der Waals surface area contributed by atoms with E-state index in [2.05, 4.69) is 30.2 Å². The van der Waals surface area contributed by atoms with E-state index < -0.39 is 5.25 Å². The molecule has 1 N–H and O–H groups in total. The highest BCUT2D eigenvalue weighted by atomic mass is 32.2. The molecule has 30 heavy (non-hydrogen) atoms. The molecule has 0 saturated carbocycles. The highest BCUT2D eigenvalue weighted by molar-refractivity contribution is 8.00. The van der Waals surface area contributed by atoms with Gasteiger partial charge in [-0.25, -0.2) is 4.98 Å². The SMILES string of the molecule is CC(C)CCn1c(SC(C)C(=O)Nc2ccccc2C#N)nc2ccccc2c1=O. The second-order valence-electron chi connectivity index (χ2n) is 7.46. The summed E-state index contributed by atoms with van der Waals surface area (Å²) >= 11 is 1.25. The lowest BCUT2D eigenvalue weighted by atomic mass is 10.1. The highest BCUT2D eigenvalue weighted by Crippen LogP contribution is 2.25. The Morgan fingerprint density at radius 2 is 1.87 bits per heavy atom. The third-order valence-electron chi connectivity index (χ3n) is 4.71. The van der Waals surface area contributed by atoms with E-state index >= 15 is 0 Å². The van der Waals surface area contributed by atoms with Crippen molar-refractivity contribution in [1.82, 2.24) is 9.55 Å². The fraction of sp³-hybridized carbons (Fsp3) is 0.304. The van der Waals surface area contributed by atoms with E-state index in [4.69, 9.17) is 0 Å². The topological polar surface area (TPSA) is 87.8 Å². The monoisotopic (exact) mass is 420 g/mol. The van der Waals surface area contributed by atoms with Crippen LogP contribution >= 0.6 is 11.8 Å². The zero-order chi connectivity index (χ0) is 21.7. The number of fused-ring (bicyclic) bond motifs is 1. The number of amides is 1. The number of nitriles is 1. The smallest absolute Gasteiger partial charge is 0.262 e. The summed E-state index contributed by atoms with van der Waals surface area (Å²) in [4.78, 5) is 30.5. The Hall–Kier alpha value is -3.11. The van der Waals surface area contributed by atoms with E-state index in [9.17, 15) is 14.9 Å². The van der Waals surface area contributed by atoms with Gasteiger partial charge in [0, 0.05) is 6.54 Å². The van der Waals surface area contributed by atoms with Crippen LogP contribution in [0.4, 0.5) is 5.69 Å². The van der Waals surface area contributed by atoms with Crippen molar-refractivity contribution in [2.24, 2.45) is 5.92 Å². The summed E-state index contributed by atoms with van der Waals surface area (Å²) in [6.45, 7) is 6.52. The summed E-state index contributed by atoms with van der Waals surface area (Å²) in [6, 6.07) is 16.2. The van der Waals surface area contributed by atoms with Crippen molar-refractivity contribution in [3.8, 4) is 6.07 Å². The van der Waals surface area contributed by atoms with Crippen molar-refractivity contribution < 1.29 is 4.79 Å². The fourth-order valence-electron chi connectivity index (χ4n) is 2.96. The van der Waals surface area contributed by atoms with Crippen LogP contribution in [0.5, 0.6) is 0 Å². The van der Waals surface area contributed by atoms with E-state index in [0.717, 1.165) is 6.42 Å². The highest BCUT2D eigenvalue weighted by Gasteiger charge is 2.20. The number of nitrogens with one attached hydrogen (secondary N) is 1. The lowest BCUT2D eigenvalue weighted by molar-refractivity contribution is -0.115. The van der Waals surface area contributed by atoms with Crippen molar-refractivity contribution in [2.45, 2.75) is 44.1 Å². The predicted molar refractivity (Wildman–Crippen MR) is 121 cm³/mol. The maximum atomic E-state index is 13.1. The summed E-state index contributed by atoms with van der Waals surface area (Å²) in [5.41, 5.74) is 1.40. The number of hydrogen-bond donors (Lipinski definition) is 1. The number of hydrogen-bond acceptors (Lipinski definition) is 5. The lowest BCUT2D eigenvalue weighted by Crippen LogP contribution is -2.27. The van der Waals surface area contributed by atoms with Gasteiger partial charge in [-0.15, -0.1) is 0 Å². The Kier molecular flexibility index (Phi) is 6.91. The van der Waals surface area contributed by atoms with Gasteiger partial charge in [-0.05, 0) is 43.5 Å². The second kappa shape index (κ2) is 9.59. The van der Waals surface area contributed by atoms with Gasteiger partial charge in [-0.3, -0.25) is 14.2 Å². The van der Waals surface area contributed by atoms with Crippen molar-refractivity contribution in [1.29, 1.82) is 5.26 Å². The average Bonchev–Trinajstić information content (AvgIpc) is 2.73. The van der Waals surface area contributed by atoms with E-state index in [-0.39, 0.29) is 11.5 Å². The molecule has 0 aliphatic rings. The molecule has 0 radical (unpaired) electrons. The van der Waals surface area contributed by atoms with E-state index in [0.29, 0.717) is 39.8 Å². The first kappa shape index (κ1) is 21.6. The molecule has 0 aliphatic carbocycles. The molecule has 0 fully saturated rings. The van der Waals surface area contributed by atoms with Gasteiger partial charge in [0.15, 0.2) is 5.16 Å². The van der Waals surface area contributed by atoms with E-state index in [1.807, 2.05) is 18.2 Å². The molecule has 0 saturated heterocycles. The molecule has 0 bridgehead atoms. The van der Waals surface area contributed by atoms with Crippen molar-refractivity contribution >= 4 is 34.3 Å². The van der Waals surface area contributed by atoms with Gasteiger partial charge in [0.1, 0.15) is 6.07 Å². The Balaban J connectivity index is 1.89. The number of thioether (sulfide) groups is 1. The first-order valence-corrected chi connectivity index (χ1v) is 10.7. The van der Waals surface area contributed by atoms with Gasteiger partial charge in [-0.1, -0.05) is 49.9 Å². The lowest BCUT2D eigenvalue weighted by Gasteiger charge is -2.17. The van der Waals surface area contributed by atoms with Gasteiger partial charge in [0.2, 0.25) is 5.91 Å². The average molecular weight is 421 g/mol. The minimum Gasteiger partial charge on any atom is -0.324 e. The zero-order valence-electron chi connectivity index (χ0n) is 17.3. The van der Waals surface area contributed by atoms with Crippen LogP contribution in [0.2, 0.25) is 0 Å². The molecule has 0 spiro atoms. The summed E-state index contributed by atoms with van der Waals surface area (Å²) in [5, 5.41) is 12.6. The van der Waals surface area contributed by atoms with Crippen LogP contribution in [0.15, 0.2) is 58.5 Å². The number of aromatic nitrogens is 2. The van der Waals surface area contributed by atoms with Crippen LogP contribution in [0.1, 0.15) is 32.8 Å². The molecular formula is C23H24N4O2S. The second-order valence-corrected chi connectivity index (χ2v) is 8.77. The van der Waals surface area contributed by atoms with Crippen LogP contribution in [0.3, 0.4) is 0 Å². The van der Waals surface area contributed by atoms with Gasteiger partial charge in [0.05, 0.1) is 27.4 Å². The Bertz CT molecular complexity index is 1160. The maximum absolute atomic E-state index is 13.1. The first-order chi connectivity index (χ1) is 14.4. The molecule has 2 aromatic carbocycles. The maximum Gasteiger partial charge on any atom is 0.262 e. The van der Waals surface area contributed by atoms with Crippen LogP contribution in [0.25, 0.3) is 10.9 Å². The zero-order valence-corrected chi connectivity index (χ0v) is 18.1. The normalized spacial score (nSPS) is 12.0. The Labute approximate surface area is 179 Å². The molecule has 6 nitrogen and oxygen atoms in total. The molecule has 1 aromatic heterocycles. The molecule has 7 heteroatoms. The van der Waals surface area contributed by atoms with E-state index in [1.165, 1.54) is 11.8 Å². The molecular weight excluding hydrogens is 396 g/mol. The summed E-state index contributed by atoms with van der Waals surface area (Å²) in [5.74, 6) is 0.185. The molecule has 3 aromatic rings. The van der Waals surface area contributed by atoms with Crippen LogP contribution in [-0.4, -0.2) is 20.7 Å². The summed E-state index contributed by atoms with van der Waals surface area (Å²) < 4.78 is 1.67. The minimum absolute atomic E-state index is 0.0915. The molecule has 0 aliphatic heterocycles. The van der Waals surface area contributed by atoms with Crippen LogP contribution in [0, 0.1) is 17.2 Å². The Morgan fingerprint density at radius 1 is 1.17 bits per heavy atom. The third kappa shape index (κ3) is 4.89. The number of nitrogens with zero attached hydrogens (tertiary/aromatic N) is 3. The number of anilines is 1. The number of rotatable bonds is 7. The third-order valence-corrected chi connectivity index (χ3v) is 5.80. The molecule has 1 amide bonds. The fourth-order valence-corrected chi connectivity index (χ4v) is 3.89.